The Morgan fingerprint density at radius 2 is 2.24 bits per heavy atom. The first-order valence-corrected chi connectivity index (χ1v) is 8.98. The number of halogens is 1. The number of aryl methyl sites for hydroxylation is 1. The zero-order chi connectivity index (χ0) is 15.6. The summed E-state index contributed by atoms with van der Waals surface area (Å²) in [6, 6.07) is 1.94. The third kappa shape index (κ3) is 3.64. The summed E-state index contributed by atoms with van der Waals surface area (Å²) in [5.74, 6) is 0. The van der Waals surface area contributed by atoms with E-state index < -0.39 is 10.0 Å². The predicted molar refractivity (Wildman–Crippen MR) is 84.2 cm³/mol. The van der Waals surface area contributed by atoms with Gasteiger partial charge in [-0.15, -0.1) is 0 Å². The summed E-state index contributed by atoms with van der Waals surface area (Å²) in [5, 5.41) is 3.93. The van der Waals surface area contributed by atoms with E-state index in [1.165, 1.54) is 10.9 Å². The van der Waals surface area contributed by atoms with Crippen molar-refractivity contribution in [2.24, 2.45) is 7.05 Å². The SMILES string of the molecule is CN(C)C(CNS(=O)(=O)c1ncn(C)c1Cl)c1ccsc1. The highest BCUT2D eigenvalue weighted by Crippen LogP contribution is 2.22. The van der Waals surface area contributed by atoms with Crippen LogP contribution in [0.5, 0.6) is 0 Å². The van der Waals surface area contributed by atoms with Gasteiger partial charge < -0.3 is 9.47 Å². The summed E-state index contributed by atoms with van der Waals surface area (Å²) in [7, 11) is 1.73. The van der Waals surface area contributed by atoms with Crippen LogP contribution in [0.25, 0.3) is 0 Å². The minimum Gasteiger partial charge on any atom is -0.324 e. The fraction of sp³-hybridized carbons (Fsp3) is 0.417. The van der Waals surface area contributed by atoms with Crippen molar-refractivity contribution < 1.29 is 8.42 Å². The number of likely N-dealkylation sites (N-methyl/N-ethyl adjacent to an activating group) is 1. The molecule has 1 atom stereocenters. The van der Waals surface area contributed by atoms with Crippen LogP contribution in [0.3, 0.4) is 0 Å². The van der Waals surface area contributed by atoms with Crippen LogP contribution in [-0.2, 0) is 17.1 Å². The Labute approximate surface area is 133 Å². The lowest BCUT2D eigenvalue weighted by atomic mass is 10.1. The fourth-order valence-corrected chi connectivity index (χ4v) is 4.06. The summed E-state index contributed by atoms with van der Waals surface area (Å²) in [5.41, 5.74) is 1.07. The number of thiophene rings is 1. The fourth-order valence-electron chi connectivity index (χ4n) is 1.89. The van der Waals surface area contributed by atoms with Crippen LogP contribution in [-0.4, -0.2) is 43.5 Å². The van der Waals surface area contributed by atoms with E-state index in [2.05, 4.69) is 9.71 Å². The normalized spacial score (nSPS) is 13.8. The maximum atomic E-state index is 12.3. The van der Waals surface area contributed by atoms with Gasteiger partial charge in [0.25, 0.3) is 10.0 Å². The Hall–Kier alpha value is -0.930. The lowest BCUT2D eigenvalue weighted by Crippen LogP contribution is -2.34. The Bertz CT molecular complexity index is 695. The summed E-state index contributed by atoms with van der Waals surface area (Å²) in [6.45, 7) is 0.249. The van der Waals surface area contributed by atoms with E-state index in [1.54, 1.807) is 18.4 Å². The van der Waals surface area contributed by atoms with Crippen LogP contribution in [0.15, 0.2) is 28.2 Å². The van der Waals surface area contributed by atoms with Crippen molar-refractivity contribution in [1.82, 2.24) is 19.2 Å². The Balaban J connectivity index is 2.15. The highest BCUT2D eigenvalue weighted by Gasteiger charge is 2.24. The van der Waals surface area contributed by atoms with Crippen LogP contribution in [0.2, 0.25) is 5.15 Å². The molecule has 0 radical (unpaired) electrons. The van der Waals surface area contributed by atoms with Crippen molar-refractivity contribution in [1.29, 1.82) is 0 Å². The van der Waals surface area contributed by atoms with Crippen LogP contribution in [0, 0.1) is 0 Å². The summed E-state index contributed by atoms with van der Waals surface area (Å²) >= 11 is 7.52. The second kappa shape index (κ2) is 6.45. The third-order valence-corrected chi connectivity index (χ3v) is 5.72. The van der Waals surface area contributed by atoms with Crippen molar-refractivity contribution in [3.63, 3.8) is 0 Å². The molecule has 0 bridgehead atoms. The van der Waals surface area contributed by atoms with Crippen LogP contribution in [0.4, 0.5) is 0 Å². The van der Waals surface area contributed by atoms with E-state index in [0.29, 0.717) is 0 Å². The molecule has 0 aliphatic rings. The van der Waals surface area contributed by atoms with Gasteiger partial charge in [-0.05, 0) is 36.5 Å². The average Bonchev–Trinajstić information content (AvgIpc) is 3.01. The lowest BCUT2D eigenvalue weighted by Gasteiger charge is -2.23. The van der Waals surface area contributed by atoms with E-state index in [-0.39, 0.29) is 22.8 Å². The maximum Gasteiger partial charge on any atom is 0.261 e. The standard InChI is InChI=1S/C12H17ClN4O2S2/c1-16(2)10(9-4-5-20-7-9)6-15-21(18,19)12-11(13)17(3)8-14-12/h4-5,7-8,10,15H,6H2,1-3H3. The molecule has 0 saturated carbocycles. The maximum absolute atomic E-state index is 12.3. The summed E-state index contributed by atoms with van der Waals surface area (Å²) in [4.78, 5) is 5.80. The van der Waals surface area contributed by atoms with Crippen molar-refractivity contribution in [2.45, 2.75) is 11.1 Å². The summed E-state index contributed by atoms with van der Waals surface area (Å²) in [6.07, 6.45) is 1.37. The van der Waals surface area contributed by atoms with Crippen molar-refractivity contribution in [3.05, 3.63) is 33.9 Å². The Kier molecular flexibility index (Phi) is 5.05. The van der Waals surface area contributed by atoms with E-state index in [9.17, 15) is 8.42 Å². The van der Waals surface area contributed by atoms with Crippen molar-refractivity contribution in [3.8, 4) is 0 Å². The highest BCUT2D eigenvalue weighted by molar-refractivity contribution is 7.89. The van der Waals surface area contributed by atoms with Crippen molar-refractivity contribution >= 4 is 33.0 Å². The quantitative estimate of drug-likeness (QED) is 0.863. The molecule has 2 rings (SSSR count). The monoisotopic (exact) mass is 348 g/mol. The molecule has 0 saturated heterocycles. The molecule has 2 aromatic heterocycles. The van der Waals surface area contributed by atoms with Gasteiger partial charge in [0, 0.05) is 19.6 Å². The second-order valence-electron chi connectivity index (χ2n) is 4.84. The number of rotatable bonds is 6. The van der Waals surface area contributed by atoms with Gasteiger partial charge in [-0.2, -0.15) is 11.3 Å². The molecular weight excluding hydrogens is 332 g/mol. The van der Waals surface area contributed by atoms with E-state index >= 15 is 0 Å². The molecule has 9 heteroatoms. The number of hydrogen-bond acceptors (Lipinski definition) is 5. The van der Waals surface area contributed by atoms with Crippen LogP contribution < -0.4 is 4.72 Å². The third-order valence-electron chi connectivity index (χ3n) is 3.11. The number of aromatic nitrogens is 2. The molecule has 0 amide bonds. The Morgan fingerprint density at radius 1 is 1.52 bits per heavy atom. The minimum absolute atomic E-state index is 0.0477. The Morgan fingerprint density at radius 3 is 2.71 bits per heavy atom. The molecule has 6 nitrogen and oxygen atoms in total. The predicted octanol–water partition coefficient (Wildman–Crippen LogP) is 1.72. The number of nitrogens with one attached hydrogen (secondary N) is 1. The lowest BCUT2D eigenvalue weighted by molar-refractivity contribution is 0.300. The van der Waals surface area contributed by atoms with Gasteiger partial charge in [-0.25, -0.2) is 18.1 Å². The van der Waals surface area contributed by atoms with Gasteiger partial charge in [0.05, 0.1) is 6.33 Å². The molecule has 0 aliphatic heterocycles. The first-order chi connectivity index (χ1) is 9.83. The van der Waals surface area contributed by atoms with Crippen LogP contribution >= 0.6 is 22.9 Å². The van der Waals surface area contributed by atoms with Gasteiger partial charge in [0.2, 0.25) is 5.03 Å². The molecule has 0 aliphatic carbocycles. The minimum atomic E-state index is -3.73. The number of hydrogen-bond donors (Lipinski definition) is 1. The smallest absolute Gasteiger partial charge is 0.261 e. The number of imidazole rings is 1. The van der Waals surface area contributed by atoms with Gasteiger partial charge in [0.15, 0.2) is 0 Å². The number of nitrogens with zero attached hydrogens (tertiary/aromatic N) is 3. The second-order valence-corrected chi connectivity index (χ2v) is 7.66. The first kappa shape index (κ1) is 16.4. The molecule has 0 fully saturated rings. The average molecular weight is 349 g/mol. The molecule has 2 aromatic rings. The molecular formula is C12H17ClN4O2S2. The molecule has 1 unspecified atom stereocenters. The first-order valence-electron chi connectivity index (χ1n) is 6.18. The van der Waals surface area contributed by atoms with Crippen LogP contribution in [0.1, 0.15) is 11.6 Å². The topological polar surface area (TPSA) is 67.2 Å². The molecule has 21 heavy (non-hydrogen) atoms. The van der Waals surface area contributed by atoms with Crippen molar-refractivity contribution in [2.75, 3.05) is 20.6 Å². The summed E-state index contributed by atoms with van der Waals surface area (Å²) < 4.78 is 28.6. The van der Waals surface area contributed by atoms with Gasteiger partial charge in [0.1, 0.15) is 5.15 Å². The zero-order valence-corrected chi connectivity index (χ0v) is 14.3. The van der Waals surface area contributed by atoms with E-state index in [0.717, 1.165) is 5.56 Å². The molecule has 0 spiro atoms. The van der Waals surface area contributed by atoms with Gasteiger partial charge >= 0.3 is 0 Å². The molecule has 0 aromatic carbocycles. The van der Waals surface area contributed by atoms with E-state index in [4.69, 9.17) is 11.6 Å². The zero-order valence-electron chi connectivity index (χ0n) is 11.9. The van der Waals surface area contributed by atoms with E-state index in [1.807, 2.05) is 35.8 Å². The van der Waals surface area contributed by atoms with Gasteiger partial charge in [-0.1, -0.05) is 11.6 Å². The largest absolute Gasteiger partial charge is 0.324 e. The highest BCUT2D eigenvalue weighted by atomic mass is 35.5. The van der Waals surface area contributed by atoms with Gasteiger partial charge in [-0.3, -0.25) is 0 Å². The number of sulfonamides is 1. The molecule has 2 heterocycles. The molecule has 1 N–H and O–H groups in total. The molecule has 116 valence electrons.